The highest BCUT2D eigenvalue weighted by molar-refractivity contribution is 6.02. The van der Waals surface area contributed by atoms with Crippen LogP contribution in [0.4, 0.5) is 4.39 Å². The number of carbonyl (C=O) groups excluding carboxylic acids is 2. The highest BCUT2D eigenvalue weighted by atomic mass is 19.1. The van der Waals surface area contributed by atoms with E-state index in [1.165, 1.54) is 6.07 Å². The van der Waals surface area contributed by atoms with Gasteiger partial charge in [-0.15, -0.1) is 0 Å². The molecule has 0 saturated heterocycles. The predicted octanol–water partition coefficient (Wildman–Crippen LogP) is 4.80. The quantitative estimate of drug-likeness (QED) is 0.744. The average Bonchev–Trinajstić information content (AvgIpc) is 3.47. The van der Waals surface area contributed by atoms with Gasteiger partial charge >= 0.3 is 0 Å². The Labute approximate surface area is 152 Å². The third-order valence-electron chi connectivity index (χ3n) is 5.53. The van der Waals surface area contributed by atoms with Crippen LogP contribution >= 0.6 is 0 Å². The summed E-state index contributed by atoms with van der Waals surface area (Å²) < 4.78 is 14.0. The zero-order chi connectivity index (χ0) is 18.3. The second-order valence-electron chi connectivity index (χ2n) is 7.40. The molecule has 0 bridgehead atoms. The fraction of sp³-hybridized carbons (Fsp3) is 0.304. The minimum Gasteiger partial charge on any atom is -0.299 e. The van der Waals surface area contributed by atoms with E-state index in [1.807, 2.05) is 30.3 Å². The van der Waals surface area contributed by atoms with E-state index in [4.69, 9.17) is 0 Å². The summed E-state index contributed by atoms with van der Waals surface area (Å²) >= 11 is 0. The maximum Gasteiger partial charge on any atom is 0.146 e. The fourth-order valence-corrected chi connectivity index (χ4v) is 3.98. The first-order valence-electron chi connectivity index (χ1n) is 9.13. The number of hydrogen-bond donors (Lipinski definition) is 0. The topological polar surface area (TPSA) is 34.1 Å². The Balaban J connectivity index is 1.79. The monoisotopic (exact) mass is 348 g/mol. The van der Waals surface area contributed by atoms with Crippen LogP contribution in [0.2, 0.25) is 0 Å². The summed E-state index contributed by atoms with van der Waals surface area (Å²) in [5.41, 5.74) is 5.09. The van der Waals surface area contributed by atoms with Crippen LogP contribution in [0.3, 0.4) is 0 Å². The zero-order valence-electron chi connectivity index (χ0n) is 14.8. The van der Waals surface area contributed by atoms with Gasteiger partial charge in [0.2, 0.25) is 0 Å². The van der Waals surface area contributed by atoms with Crippen LogP contribution in [0, 0.1) is 18.7 Å². The number of fused-ring (bicyclic) bond motifs is 1. The Bertz CT molecular complexity index is 922. The summed E-state index contributed by atoms with van der Waals surface area (Å²) in [6, 6.07) is 13.1. The molecule has 1 fully saturated rings. The average molecular weight is 348 g/mol. The van der Waals surface area contributed by atoms with E-state index >= 15 is 0 Å². The van der Waals surface area contributed by atoms with Crippen molar-refractivity contribution in [1.82, 2.24) is 0 Å². The van der Waals surface area contributed by atoms with Crippen LogP contribution in [0.5, 0.6) is 0 Å². The van der Waals surface area contributed by atoms with Crippen molar-refractivity contribution < 1.29 is 14.0 Å². The van der Waals surface area contributed by atoms with Crippen LogP contribution in [0.1, 0.15) is 47.4 Å². The molecular formula is C23H21FO2. The fourth-order valence-electron chi connectivity index (χ4n) is 3.98. The highest BCUT2D eigenvalue weighted by Gasteiger charge is 2.36. The standard InChI is InChI=1S/C23H21FO2/c1-14-6-7-15(11-21(14)24)10-20-18-4-2-3-5-19(18)23(16-8-9-16)17(13-25)12-22(20)26/h2-7,11,13,16,20H,8-10,12H2,1H3. The normalized spacial score (nSPS) is 19.9. The molecule has 2 nitrogen and oxygen atoms in total. The third-order valence-corrected chi connectivity index (χ3v) is 5.53. The van der Waals surface area contributed by atoms with Crippen LogP contribution in [0.25, 0.3) is 5.57 Å². The minimum absolute atomic E-state index is 0.0381. The van der Waals surface area contributed by atoms with E-state index in [9.17, 15) is 14.0 Å². The third kappa shape index (κ3) is 3.03. The molecule has 2 aromatic carbocycles. The Kier molecular flexibility index (Phi) is 4.31. The summed E-state index contributed by atoms with van der Waals surface area (Å²) in [5.74, 6) is -0.169. The number of rotatable bonds is 4. The number of hydrogen-bond acceptors (Lipinski definition) is 2. The smallest absolute Gasteiger partial charge is 0.146 e. The predicted molar refractivity (Wildman–Crippen MR) is 99.4 cm³/mol. The van der Waals surface area contributed by atoms with Crippen molar-refractivity contribution in [2.75, 3.05) is 0 Å². The number of aryl methyl sites for hydroxylation is 1. The van der Waals surface area contributed by atoms with E-state index in [1.54, 1.807) is 13.0 Å². The van der Waals surface area contributed by atoms with Gasteiger partial charge in [0, 0.05) is 17.9 Å². The molecular weight excluding hydrogens is 327 g/mol. The van der Waals surface area contributed by atoms with E-state index < -0.39 is 0 Å². The molecule has 2 aliphatic rings. The number of benzene rings is 2. The Morgan fingerprint density at radius 1 is 1.15 bits per heavy atom. The number of carbonyl (C=O) groups is 2. The maximum absolute atomic E-state index is 14.0. The SMILES string of the molecule is Cc1ccc(CC2C(=O)CC(C=O)=C(C3CC3)c3ccccc32)cc1F. The molecule has 132 valence electrons. The lowest BCUT2D eigenvalue weighted by molar-refractivity contribution is -0.120. The Morgan fingerprint density at radius 2 is 1.92 bits per heavy atom. The first-order valence-corrected chi connectivity index (χ1v) is 9.13. The lowest BCUT2D eigenvalue weighted by Gasteiger charge is -2.18. The molecule has 0 heterocycles. The van der Waals surface area contributed by atoms with Crippen molar-refractivity contribution in [2.24, 2.45) is 5.92 Å². The summed E-state index contributed by atoms with van der Waals surface area (Å²) in [6.45, 7) is 1.73. The van der Waals surface area contributed by atoms with Crippen LogP contribution in [0.15, 0.2) is 48.0 Å². The molecule has 0 N–H and O–H groups in total. The van der Waals surface area contributed by atoms with Crippen molar-refractivity contribution in [2.45, 2.75) is 38.5 Å². The summed E-state index contributed by atoms with van der Waals surface area (Å²) in [7, 11) is 0. The second kappa shape index (κ2) is 6.64. The molecule has 3 heteroatoms. The van der Waals surface area contributed by atoms with Gasteiger partial charge in [0.1, 0.15) is 17.9 Å². The molecule has 2 aliphatic carbocycles. The van der Waals surface area contributed by atoms with Gasteiger partial charge in [-0.3, -0.25) is 9.59 Å². The van der Waals surface area contributed by atoms with Gasteiger partial charge in [-0.25, -0.2) is 4.39 Å². The molecule has 0 spiro atoms. The second-order valence-corrected chi connectivity index (χ2v) is 7.40. The molecule has 1 saturated carbocycles. The van der Waals surface area contributed by atoms with E-state index in [0.29, 0.717) is 23.5 Å². The molecule has 26 heavy (non-hydrogen) atoms. The molecule has 1 unspecified atom stereocenters. The zero-order valence-corrected chi connectivity index (χ0v) is 14.8. The summed E-state index contributed by atoms with van der Waals surface area (Å²) in [5, 5.41) is 0. The van der Waals surface area contributed by atoms with Gasteiger partial charge in [-0.05, 0) is 66.0 Å². The first-order chi connectivity index (χ1) is 12.6. The molecule has 0 radical (unpaired) electrons. The van der Waals surface area contributed by atoms with Gasteiger partial charge in [0.25, 0.3) is 0 Å². The Morgan fingerprint density at radius 3 is 2.62 bits per heavy atom. The molecule has 2 aromatic rings. The Hall–Kier alpha value is -2.55. The number of allylic oxidation sites excluding steroid dienone is 2. The number of aldehydes is 1. The van der Waals surface area contributed by atoms with Crippen molar-refractivity contribution in [1.29, 1.82) is 0 Å². The van der Waals surface area contributed by atoms with Crippen molar-refractivity contribution in [3.05, 3.63) is 76.1 Å². The maximum atomic E-state index is 14.0. The number of Topliss-reactive ketones (excluding diaryl/α,β-unsaturated/α-hetero) is 1. The van der Waals surface area contributed by atoms with E-state index in [0.717, 1.165) is 41.4 Å². The summed E-state index contributed by atoms with van der Waals surface area (Å²) in [6.07, 6.45) is 3.63. The first kappa shape index (κ1) is 16.9. The van der Waals surface area contributed by atoms with E-state index in [2.05, 4.69) is 0 Å². The van der Waals surface area contributed by atoms with E-state index in [-0.39, 0.29) is 23.9 Å². The molecule has 0 amide bonds. The minimum atomic E-state index is -0.348. The molecule has 4 rings (SSSR count). The van der Waals surface area contributed by atoms with Crippen molar-refractivity contribution in [3.8, 4) is 0 Å². The van der Waals surface area contributed by atoms with Crippen LogP contribution in [-0.2, 0) is 16.0 Å². The van der Waals surface area contributed by atoms with Gasteiger partial charge in [0.05, 0.1) is 0 Å². The van der Waals surface area contributed by atoms with Crippen LogP contribution < -0.4 is 0 Å². The molecule has 0 aromatic heterocycles. The van der Waals surface area contributed by atoms with Crippen molar-refractivity contribution >= 4 is 17.6 Å². The van der Waals surface area contributed by atoms with Gasteiger partial charge < -0.3 is 0 Å². The van der Waals surface area contributed by atoms with Crippen molar-refractivity contribution in [3.63, 3.8) is 0 Å². The largest absolute Gasteiger partial charge is 0.299 e. The lowest BCUT2D eigenvalue weighted by Crippen LogP contribution is -2.15. The molecule has 1 atom stereocenters. The summed E-state index contributed by atoms with van der Waals surface area (Å²) in [4.78, 5) is 24.7. The molecule has 0 aliphatic heterocycles. The highest BCUT2D eigenvalue weighted by Crippen LogP contribution is 2.48. The van der Waals surface area contributed by atoms with Gasteiger partial charge in [-0.1, -0.05) is 36.4 Å². The van der Waals surface area contributed by atoms with Gasteiger partial charge in [0.15, 0.2) is 0 Å². The number of ketones is 1. The van der Waals surface area contributed by atoms with Gasteiger partial charge in [-0.2, -0.15) is 0 Å². The van der Waals surface area contributed by atoms with Crippen LogP contribution in [-0.4, -0.2) is 12.1 Å². The lowest BCUT2D eigenvalue weighted by atomic mass is 9.85. The number of halogens is 1.